The van der Waals surface area contributed by atoms with Crippen molar-refractivity contribution in [1.29, 1.82) is 0 Å². The van der Waals surface area contributed by atoms with Crippen molar-refractivity contribution in [3.63, 3.8) is 0 Å². The third-order valence-electron chi connectivity index (χ3n) is 6.99. The Morgan fingerprint density at radius 3 is 2.13 bits per heavy atom. The number of amides is 2. The van der Waals surface area contributed by atoms with E-state index in [1.54, 1.807) is 0 Å². The highest BCUT2D eigenvalue weighted by Gasteiger charge is 2.43. The van der Waals surface area contributed by atoms with Crippen molar-refractivity contribution in [2.45, 2.75) is 58.4 Å². The van der Waals surface area contributed by atoms with Gasteiger partial charge in [0, 0.05) is 25.0 Å². The Morgan fingerprint density at radius 1 is 0.968 bits per heavy atom. The lowest BCUT2D eigenvalue weighted by atomic mass is 9.72. The number of likely N-dealkylation sites (tertiary alicyclic amines) is 1. The first kappa shape index (κ1) is 21.6. The molecule has 1 heterocycles. The Balaban J connectivity index is 1.49. The summed E-state index contributed by atoms with van der Waals surface area (Å²) < 4.78 is 0. The molecule has 1 N–H and O–H groups in total. The van der Waals surface area contributed by atoms with Gasteiger partial charge in [-0.1, -0.05) is 61.0 Å². The molecule has 2 amide bonds. The third-order valence-corrected chi connectivity index (χ3v) is 6.99. The van der Waals surface area contributed by atoms with Crippen LogP contribution in [-0.4, -0.2) is 35.8 Å². The fourth-order valence-corrected chi connectivity index (χ4v) is 4.80. The molecule has 4 nitrogen and oxygen atoms in total. The predicted molar refractivity (Wildman–Crippen MR) is 124 cm³/mol. The van der Waals surface area contributed by atoms with Crippen molar-refractivity contribution in [3.8, 4) is 11.1 Å². The molecule has 1 aliphatic carbocycles. The molecule has 2 aromatic rings. The van der Waals surface area contributed by atoms with Crippen LogP contribution in [0, 0.1) is 11.3 Å². The van der Waals surface area contributed by atoms with Gasteiger partial charge in [0.1, 0.15) is 0 Å². The number of carbonyl (C=O) groups excluding carboxylic acids is 2. The quantitative estimate of drug-likeness (QED) is 0.730. The van der Waals surface area contributed by atoms with E-state index >= 15 is 0 Å². The summed E-state index contributed by atoms with van der Waals surface area (Å²) in [7, 11) is 0. The first-order chi connectivity index (χ1) is 15.0. The van der Waals surface area contributed by atoms with Crippen LogP contribution in [-0.2, 0) is 16.0 Å². The van der Waals surface area contributed by atoms with Crippen LogP contribution >= 0.6 is 0 Å². The summed E-state index contributed by atoms with van der Waals surface area (Å²) in [6, 6.07) is 19.1. The monoisotopic (exact) mass is 418 g/mol. The van der Waals surface area contributed by atoms with E-state index in [2.05, 4.69) is 41.7 Å². The molecule has 4 heteroatoms. The van der Waals surface area contributed by atoms with Crippen molar-refractivity contribution < 1.29 is 9.59 Å². The molecular formula is C27H34N2O2. The maximum absolute atomic E-state index is 13.3. The van der Waals surface area contributed by atoms with Gasteiger partial charge >= 0.3 is 0 Å². The van der Waals surface area contributed by atoms with Gasteiger partial charge in [-0.05, 0) is 62.6 Å². The van der Waals surface area contributed by atoms with Crippen LogP contribution in [0.1, 0.15) is 51.5 Å². The topological polar surface area (TPSA) is 49.4 Å². The highest BCUT2D eigenvalue weighted by Crippen LogP contribution is 2.38. The van der Waals surface area contributed by atoms with Crippen LogP contribution in [0.2, 0.25) is 0 Å². The average Bonchev–Trinajstić information content (AvgIpc) is 2.73. The Kier molecular flexibility index (Phi) is 6.45. The lowest BCUT2D eigenvalue weighted by molar-refractivity contribution is -0.145. The summed E-state index contributed by atoms with van der Waals surface area (Å²) in [5.74, 6) is 0.657. The van der Waals surface area contributed by atoms with Crippen LogP contribution < -0.4 is 5.32 Å². The molecule has 4 rings (SSSR count). The molecule has 2 aliphatic rings. The lowest BCUT2D eigenvalue weighted by Crippen LogP contribution is -2.53. The van der Waals surface area contributed by atoms with Crippen LogP contribution in [0.5, 0.6) is 0 Å². The van der Waals surface area contributed by atoms with Crippen molar-refractivity contribution in [2.75, 3.05) is 13.1 Å². The summed E-state index contributed by atoms with van der Waals surface area (Å²) in [5, 5.41) is 3.16. The van der Waals surface area contributed by atoms with E-state index in [9.17, 15) is 9.59 Å². The molecule has 1 aliphatic heterocycles. The van der Waals surface area contributed by atoms with Gasteiger partial charge in [0.2, 0.25) is 11.8 Å². The van der Waals surface area contributed by atoms with Gasteiger partial charge in [-0.25, -0.2) is 0 Å². The first-order valence-electron chi connectivity index (χ1n) is 11.7. The van der Waals surface area contributed by atoms with Gasteiger partial charge in [0.05, 0.1) is 5.41 Å². The molecule has 0 bridgehead atoms. The summed E-state index contributed by atoms with van der Waals surface area (Å²) in [6.45, 7) is 5.39. The van der Waals surface area contributed by atoms with Crippen molar-refractivity contribution in [3.05, 3.63) is 60.2 Å². The third kappa shape index (κ3) is 4.84. The zero-order valence-corrected chi connectivity index (χ0v) is 18.8. The Hall–Kier alpha value is -2.62. The fraction of sp³-hybridized carbons (Fsp3) is 0.481. The predicted octanol–water partition coefficient (Wildman–Crippen LogP) is 4.83. The molecule has 1 saturated carbocycles. The van der Waals surface area contributed by atoms with Gasteiger partial charge in [0.25, 0.3) is 0 Å². The molecule has 1 saturated heterocycles. The van der Waals surface area contributed by atoms with Gasteiger partial charge in [-0.3, -0.25) is 9.59 Å². The van der Waals surface area contributed by atoms with E-state index in [1.165, 1.54) is 23.1 Å². The minimum Gasteiger partial charge on any atom is -0.353 e. The molecular weight excluding hydrogens is 384 g/mol. The van der Waals surface area contributed by atoms with Gasteiger partial charge in [-0.2, -0.15) is 0 Å². The summed E-state index contributed by atoms with van der Waals surface area (Å²) in [5.41, 5.74) is 3.11. The minimum atomic E-state index is -0.449. The number of piperidine rings is 1. The van der Waals surface area contributed by atoms with E-state index in [-0.39, 0.29) is 17.9 Å². The largest absolute Gasteiger partial charge is 0.353 e. The second kappa shape index (κ2) is 9.25. The van der Waals surface area contributed by atoms with Crippen LogP contribution in [0.3, 0.4) is 0 Å². The van der Waals surface area contributed by atoms with Crippen molar-refractivity contribution in [1.82, 2.24) is 10.2 Å². The SMILES string of the molecule is CC(C)NC(=O)C1(Cc2ccc(-c3ccccc3)cc2)CCN(C(=O)C2CCC2)CC1. The van der Waals surface area contributed by atoms with E-state index in [1.807, 2.05) is 36.9 Å². The number of benzene rings is 2. The number of rotatable bonds is 6. The highest BCUT2D eigenvalue weighted by molar-refractivity contribution is 5.84. The number of nitrogens with zero attached hydrogens (tertiary/aromatic N) is 1. The first-order valence-corrected chi connectivity index (χ1v) is 11.7. The standard InChI is InChI=1S/C27H34N2O2/c1-20(2)28-26(31)27(15-17-29(18-16-27)25(30)24-9-6-10-24)19-21-11-13-23(14-12-21)22-7-4-3-5-8-22/h3-5,7-8,11-14,20,24H,6,9-10,15-19H2,1-2H3,(H,28,31). The van der Waals surface area contributed by atoms with E-state index in [4.69, 9.17) is 0 Å². The molecule has 0 atom stereocenters. The Bertz CT molecular complexity index is 893. The zero-order chi connectivity index (χ0) is 21.8. The minimum absolute atomic E-state index is 0.111. The molecule has 31 heavy (non-hydrogen) atoms. The average molecular weight is 419 g/mol. The molecule has 2 aromatic carbocycles. The summed E-state index contributed by atoms with van der Waals surface area (Å²) in [4.78, 5) is 28.0. The van der Waals surface area contributed by atoms with Gasteiger partial charge in [-0.15, -0.1) is 0 Å². The second-order valence-electron chi connectivity index (χ2n) is 9.60. The van der Waals surface area contributed by atoms with E-state index < -0.39 is 5.41 Å². The molecule has 0 radical (unpaired) electrons. The number of nitrogens with one attached hydrogen (secondary N) is 1. The fourth-order valence-electron chi connectivity index (χ4n) is 4.80. The molecule has 164 valence electrons. The van der Waals surface area contributed by atoms with Crippen LogP contribution in [0.4, 0.5) is 0 Å². The maximum atomic E-state index is 13.3. The summed E-state index contributed by atoms with van der Waals surface area (Å²) in [6.07, 6.45) is 5.40. The molecule has 0 spiro atoms. The number of hydrogen-bond donors (Lipinski definition) is 1. The van der Waals surface area contributed by atoms with Gasteiger partial charge in [0.15, 0.2) is 0 Å². The lowest BCUT2D eigenvalue weighted by Gasteiger charge is -2.43. The summed E-state index contributed by atoms with van der Waals surface area (Å²) >= 11 is 0. The van der Waals surface area contributed by atoms with Crippen molar-refractivity contribution in [2.24, 2.45) is 11.3 Å². The highest BCUT2D eigenvalue weighted by atomic mass is 16.2. The zero-order valence-electron chi connectivity index (χ0n) is 18.8. The van der Waals surface area contributed by atoms with Gasteiger partial charge < -0.3 is 10.2 Å². The molecule has 0 unspecified atom stereocenters. The van der Waals surface area contributed by atoms with E-state index in [0.29, 0.717) is 25.4 Å². The Labute approximate surface area is 186 Å². The van der Waals surface area contributed by atoms with E-state index in [0.717, 1.165) is 25.7 Å². The smallest absolute Gasteiger partial charge is 0.226 e. The number of carbonyl (C=O) groups is 2. The van der Waals surface area contributed by atoms with Crippen molar-refractivity contribution >= 4 is 11.8 Å². The Morgan fingerprint density at radius 2 is 1.58 bits per heavy atom. The number of hydrogen-bond acceptors (Lipinski definition) is 2. The van der Waals surface area contributed by atoms with Crippen LogP contribution in [0.15, 0.2) is 54.6 Å². The second-order valence-corrected chi connectivity index (χ2v) is 9.60. The molecule has 2 fully saturated rings. The molecule has 0 aromatic heterocycles. The van der Waals surface area contributed by atoms with Crippen LogP contribution in [0.25, 0.3) is 11.1 Å². The normalized spacial score (nSPS) is 18.5. The maximum Gasteiger partial charge on any atom is 0.226 e.